The van der Waals surface area contributed by atoms with Crippen LogP contribution in [0.4, 0.5) is 0 Å². The van der Waals surface area contributed by atoms with Crippen LogP contribution in [-0.2, 0) is 4.79 Å². The van der Waals surface area contributed by atoms with Crippen molar-refractivity contribution in [2.24, 2.45) is 11.8 Å². The standard InChI is InChI=1S/C14H30N2O/c1-15(2,3)10-12-8-7-9-13(14(12)17)11-16(4,5)6/h12-13H,7-11H2,1-6H3/q+2/t12-,13+. The van der Waals surface area contributed by atoms with E-state index in [0.29, 0.717) is 17.6 Å². The van der Waals surface area contributed by atoms with Crippen LogP contribution in [0, 0.1) is 11.8 Å². The van der Waals surface area contributed by atoms with E-state index in [1.165, 1.54) is 6.42 Å². The van der Waals surface area contributed by atoms with Gasteiger partial charge in [0.2, 0.25) is 0 Å². The Morgan fingerprint density at radius 2 is 1.24 bits per heavy atom. The normalized spacial score (nSPS) is 27.3. The zero-order valence-electron chi connectivity index (χ0n) is 12.5. The highest BCUT2D eigenvalue weighted by Gasteiger charge is 2.36. The van der Waals surface area contributed by atoms with Gasteiger partial charge in [0.25, 0.3) is 0 Å². The van der Waals surface area contributed by atoms with E-state index in [-0.39, 0.29) is 0 Å². The van der Waals surface area contributed by atoms with E-state index in [4.69, 9.17) is 0 Å². The predicted molar refractivity (Wildman–Crippen MR) is 71.6 cm³/mol. The highest BCUT2D eigenvalue weighted by atomic mass is 16.1. The van der Waals surface area contributed by atoms with E-state index in [9.17, 15) is 4.79 Å². The summed E-state index contributed by atoms with van der Waals surface area (Å²) in [6, 6.07) is 0. The van der Waals surface area contributed by atoms with Crippen molar-refractivity contribution in [2.45, 2.75) is 19.3 Å². The van der Waals surface area contributed by atoms with E-state index in [1.54, 1.807) is 0 Å². The monoisotopic (exact) mass is 242 g/mol. The number of nitrogens with zero attached hydrogens (tertiary/aromatic N) is 2. The summed E-state index contributed by atoms with van der Waals surface area (Å²) in [5.41, 5.74) is 0. The minimum atomic E-state index is 0.292. The highest BCUT2D eigenvalue weighted by molar-refractivity contribution is 5.84. The molecule has 3 heteroatoms. The largest absolute Gasteiger partial charge is 0.330 e. The maximum atomic E-state index is 12.5. The fourth-order valence-electron chi connectivity index (χ4n) is 2.91. The molecule has 2 atom stereocenters. The molecule has 0 bridgehead atoms. The molecule has 1 aliphatic carbocycles. The second-order valence-electron chi connectivity index (χ2n) is 7.67. The average Bonchev–Trinajstić information content (AvgIpc) is 2.07. The maximum Gasteiger partial charge on any atom is 0.150 e. The van der Waals surface area contributed by atoms with Crippen LogP contribution >= 0.6 is 0 Å². The Balaban J connectivity index is 2.63. The third-order valence-electron chi connectivity index (χ3n) is 3.45. The number of hydrogen-bond acceptors (Lipinski definition) is 1. The molecular weight excluding hydrogens is 212 g/mol. The highest BCUT2D eigenvalue weighted by Crippen LogP contribution is 2.28. The summed E-state index contributed by atoms with van der Waals surface area (Å²) < 4.78 is 1.79. The lowest BCUT2D eigenvalue weighted by Crippen LogP contribution is -2.48. The minimum absolute atomic E-state index is 0.292. The Hall–Kier alpha value is -0.410. The minimum Gasteiger partial charge on any atom is -0.330 e. The maximum absolute atomic E-state index is 12.5. The molecule has 3 nitrogen and oxygen atoms in total. The van der Waals surface area contributed by atoms with Crippen LogP contribution in [0.25, 0.3) is 0 Å². The van der Waals surface area contributed by atoms with Crippen LogP contribution in [-0.4, -0.2) is 70.1 Å². The van der Waals surface area contributed by atoms with Gasteiger partial charge in [0.15, 0.2) is 0 Å². The first-order valence-electron chi connectivity index (χ1n) is 6.73. The molecule has 0 spiro atoms. The molecule has 1 aliphatic rings. The van der Waals surface area contributed by atoms with Gasteiger partial charge in [0, 0.05) is 0 Å². The van der Waals surface area contributed by atoms with Crippen LogP contribution in [0.15, 0.2) is 0 Å². The molecule has 1 fully saturated rings. The summed E-state index contributed by atoms with van der Waals surface area (Å²) in [6.07, 6.45) is 3.42. The van der Waals surface area contributed by atoms with Gasteiger partial charge in [-0.15, -0.1) is 0 Å². The van der Waals surface area contributed by atoms with Crippen LogP contribution in [0.1, 0.15) is 19.3 Å². The Morgan fingerprint density at radius 1 is 0.882 bits per heavy atom. The fraction of sp³-hybridized carbons (Fsp3) is 0.929. The Bertz CT molecular complexity index is 247. The lowest BCUT2D eigenvalue weighted by Gasteiger charge is -2.35. The third-order valence-corrected chi connectivity index (χ3v) is 3.45. The van der Waals surface area contributed by atoms with Crippen molar-refractivity contribution in [3.05, 3.63) is 0 Å². The van der Waals surface area contributed by atoms with E-state index in [0.717, 1.165) is 34.9 Å². The van der Waals surface area contributed by atoms with Gasteiger partial charge >= 0.3 is 0 Å². The van der Waals surface area contributed by atoms with Crippen LogP contribution in [0.5, 0.6) is 0 Å². The molecule has 1 rings (SSSR count). The topological polar surface area (TPSA) is 17.1 Å². The number of carbonyl (C=O) groups excluding carboxylic acids is 1. The number of ketones is 1. The molecule has 0 N–H and O–H groups in total. The number of Topliss-reactive ketones (excluding diaryl/α,β-unsaturated/α-hetero) is 1. The molecule has 0 aromatic heterocycles. The predicted octanol–water partition coefficient (Wildman–Crippen LogP) is 1.38. The van der Waals surface area contributed by atoms with Gasteiger partial charge in [0.1, 0.15) is 5.78 Å². The third kappa shape index (κ3) is 5.17. The van der Waals surface area contributed by atoms with Crippen molar-refractivity contribution in [2.75, 3.05) is 55.4 Å². The molecule has 0 aliphatic heterocycles. The molecule has 0 aromatic carbocycles. The Kier molecular flexibility index (Phi) is 4.37. The summed E-state index contributed by atoms with van der Waals surface area (Å²) in [5, 5.41) is 0. The van der Waals surface area contributed by atoms with Gasteiger partial charge in [-0.2, -0.15) is 0 Å². The fourth-order valence-corrected chi connectivity index (χ4v) is 2.91. The average molecular weight is 242 g/mol. The number of hydrogen-bond donors (Lipinski definition) is 0. The summed E-state index contributed by atoms with van der Waals surface area (Å²) >= 11 is 0. The Morgan fingerprint density at radius 3 is 1.53 bits per heavy atom. The molecule has 0 aromatic rings. The lowest BCUT2D eigenvalue weighted by atomic mass is 9.79. The van der Waals surface area contributed by atoms with Gasteiger partial charge < -0.3 is 8.97 Å². The Labute approximate surface area is 107 Å². The van der Waals surface area contributed by atoms with Crippen molar-refractivity contribution < 1.29 is 13.8 Å². The van der Waals surface area contributed by atoms with Gasteiger partial charge in [-0.05, 0) is 12.8 Å². The summed E-state index contributed by atoms with van der Waals surface area (Å²) in [5.74, 6) is 1.11. The second kappa shape index (κ2) is 5.07. The van der Waals surface area contributed by atoms with Gasteiger partial charge in [-0.3, -0.25) is 4.79 Å². The zero-order chi connectivity index (χ0) is 13.3. The molecular formula is C14H30N2O+2. The number of carbonyl (C=O) groups is 1. The van der Waals surface area contributed by atoms with E-state index in [1.807, 2.05) is 0 Å². The van der Waals surface area contributed by atoms with Crippen molar-refractivity contribution >= 4 is 5.78 Å². The van der Waals surface area contributed by atoms with Crippen molar-refractivity contribution in [3.8, 4) is 0 Å². The van der Waals surface area contributed by atoms with E-state index >= 15 is 0 Å². The molecule has 1 saturated carbocycles. The lowest BCUT2D eigenvalue weighted by molar-refractivity contribution is -0.874. The van der Waals surface area contributed by atoms with Crippen molar-refractivity contribution in [1.82, 2.24) is 0 Å². The second-order valence-corrected chi connectivity index (χ2v) is 7.67. The molecule has 0 saturated heterocycles. The molecule has 0 unspecified atom stereocenters. The van der Waals surface area contributed by atoms with Gasteiger partial charge in [-0.1, -0.05) is 6.42 Å². The zero-order valence-corrected chi connectivity index (χ0v) is 12.5. The van der Waals surface area contributed by atoms with Crippen molar-refractivity contribution in [1.29, 1.82) is 0 Å². The molecule has 100 valence electrons. The van der Waals surface area contributed by atoms with Gasteiger partial charge in [0.05, 0.1) is 67.2 Å². The number of quaternary nitrogens is 2. The summed E-state index contributed by atoms with van der Waals surface area (Å²) in [7, 11) is 13.1. The smallest absolute Gasteiger partial charge is 0.150 e. The molecule has 0 amide bonds. The van der Waals surface area contributed by atoms with E-state index < -0.39 is 0 Å². The molecule has 0 radical (unpaired) electrons. The first kappa shape index (κ1) is 14.7. The molecule has 0 heterocycles. The molecule has 17 heavy (non-hydrogen) atoms. The van der Waals surface area contributed by atoms with Crippen LogP contribution < -0.4 is 0 Å². The van der Waals surface area contributed by atoms with Crippen LogP contribution in [0.3, 0.4) is 0 Å². The first-order chi connectivity index (χ1) is 7.58. The quantitative estimate of drug-likeness (QED) is 0.681. The van der Waals surface area contributed by atoms with Gasteiger partial charge in [-0.25, -0.2) is 0 Å². The summed E-state index contributed by atoms with van der Waals surface area (Å²) in [6.45, 7) is 1.99. The number of rotatable bonds is 4. The van der Waals surface area contributed by atoms with Crippen LogP contribution in [0.2, 0.25) is 0 Å². The van der Waals surface area contributed by atoms with Crippen molar-refractivity contribution in [3.63, 3.8) is 0 Å². The SMILES string of the molecule is C[N+](C)(C)C[C@H]1CCC[C@@H](C[N+](C)(C)C)C1=O. The summed E-state index contributed by atoms with van der Waals surface area (Å²) in [4.78, 5) is 12.5. The van der Waals surface area contributed by atoms with E-state index in [2.05, 4.69) is 42.3 Å². The first-order valence-corrected chi connectivity index (χ1v) is 6.73.